The molecular weight excluding hydrogens is 1150 g/mol. The minimum atomic E-state index is -2.42. The Morgan fingerprint density at radius 3 is 0.695 bits per heavy atom. The number of hydrogen-bond acceptors (Lipinski definition) is 10. The minimum absolute atomic E-state index is 0.806. The maximum absolute atomic E-state index is 6.57. The van der Waals surface area contributed by atoms with E-state index in [-0.39, 0.29) is 0 Å². The molecule has 8 aromatic carbocycles. The highest BCUT2D eigenvalue weighted by molar-refractivity contribution is 6.83. The van der Waals surface area contributed by atoms with Crippen molar-refractivity contribution in [3.8, 4) is 34.1 Å². The smallest absolute Gasteiger partial charge is 0.382 e. The van der Waals surface area contributed by atoms with E-state index in [0.29, 0.717) is 0 Å². The van der Waals surface area contributed by atoms with Gasteiger partial charge < -0.3 is 44.0 Å². The summed E-state index contributed by atoms with van der Waals surface area (Å²) in [5, 5.41) is 4.42. The molecule has 0 amide bonds. The van der Waals surface area contributed by atoms with Crippen LogP contribution < -0.4 is 27.5 Å². The fourth-order valence-corrected chi connectivity index (χ4v) is 37.9. The van der Waals surface area contributed by atoms with Crippen LogP contribution in [-0.2, 0) is 16.5 Å². The summed E-state index contributed by atoms with van der Waals surface area (Å²) >= 11 is 0. The van der Waals surface area contributed by atoms with Gasteiger partial charge in [-0.3, -0.25) is 0 Å². The van der Waals surface area contributed by atoms with Gasteiger partial charge in [0.25, 0.3) is 0 Å². The van der Waals surface area contributed by atoms with Gasteiger partial charge in [0, 0.05) is 34.1 Å². The maximum atomic E-state index is 6.57. The van der Waals surface area contributed by atoms with Crippen LogP contribution in [0.3, 0.4) is 0 Å². The van der Waals surface area contributed by atoms with Gasteiger partial charge in [-0.05, 0) is 285 Å². The molecule has 0 atom stereocenters. The van der Waals surface area contributed by atoms with Crippen molar-refractivity contribution in [2.45, 2.75) is 131 Å². The molecule has 0 saturated carbocycles. The molecule has 0 N–H and O–H groups in total. The third-order valence-electron chi connectivity index (χ3n) is 12.5. The van der Waals surface area contributed by atoms with Crippen LogP contribution in [0.25, 0.3) is 32.7 Å². The van der Waals surface area contributed by atoms with E-state index < -0.39 is 67.5 Å². The second kappa shape index (κ2) is 24.0. The van der Waals surface area contributed by atoms with Crippen molar-refractivity contribution >= 4 is 123 Å². The van der Waals surface area contributed by atoms with Gasteiger partial charge in [-0.15, -0.1) is 0 Å². The van der Waals surface area contributed by atoms with Gasteiger partial charge in [0.15, 0.2) is 33.3 Å². The average Bonchev–Trinajstić information content (AvgIpc) is 2.70. The van der Waals surface area contributed by atoms with Crippen LogP contribution in [0.1, 0.15) is 0 Å². The summed E-state index contributed by atoms with van der Waals surface area (Å²) in [6.07, 6.45) is 0. The zero-order chi connectivity index (χ0) is 59.8. The first-order valence-electron chi connectivity index (χ1n) is 28.6. The lowest BCUT2D eigenvalue weighted by molar-refractivity contribution is 0.396. The van der Waals surface area contributed by atoms with E-state index in [0.717, 1.165) is 89.8 Å². The van der Waals surface area contributed by atoms with Crippen molar-refractivity contribution in [1.29, 1.82) is 0 Å². The molecule has 10 nitrogen and oxygen atoms in total. The molecule has 0 saturated heterocycles. The Morgan fingerprint density at radius 1 is 0.220 bits per heavy atom. The first-order valence-corrected chi connectivity index (χ1v) is 53.5. The average molecular weight is 1240 g/mol. The van der Waals surface area contributed by atoms with Gasteiger partial charge in [0.1, 0.15) is 23.0 Å². The topological polar surface area (TPSA) is 80.3 Å². The molecule has 0 aliphatic carbocycles. The molecule has 434 valence electrons. The van der Waals surface area contributed by atoms with Gasteiger partial charge >= 0.3 is 34.2 Å². The Labute approximate surface area is 498 Å². The van der Waals surface area contributed by atoms with E-state index in [9.17, 15) is 0 Å². The van der Waals surface area contributed by atoms with Crippen molar-refractivity contribution in [3.05, 3.63) is 170 Å². The fourth-order valence-electron chi connectivity index (χ4n) is 10.8. The first-order chi connectivity index (χ1) is 37.9. The first kappa shape index (κ1) is 62.7. The highest BCUT2D eigenvalue weighted by Crippen LogP contribution is 2.42. The van der Waals surface area contributed by atoms with Crippen LogP contribution >= 0.6 is 0 Å². The Kier molecular flexibility index (Phi) is 18.3. The highest BCUT2D eigenvalue weighted by atomic mass is 28.5. The van der Waals surface area contributed by atoms with Gasteiger partial charge in [-0.2, -0.15) is 0 Å². The van der Waals surface area contributed by atoms with E-state index in [1.807, 2.05) is 0 Å². The van der Waals surface area contributed by atoms with Crippen molar-refractivity contribution in [3.63, 3.8) is 0 Å². The second-order valence-corrected chi connectivity index (χ2v) is 59.2. The molecule has 0 unspecified atom stereocenters. The number of anilines is 6. The molecular formula is C64H88N2O8Si8. The lowest BCUT2D eigenvalue weighted by Crippen LogP contribution is -2.47. The van der Waals surface area contributed by atoms with Crippen LogP contribution in [0, 0.1) is 0 Å². The molecule has 82 heavy (non-hydrogen) atoms. The van der Waals surface area contributed by atoms with Gasteiger partial charge in [-0.25, -0.2) is 0 Å². The number of hydrogen-bond donors (Lipinski definition) is 0. The quantitative estimate of drug-likeness (QED) is 0.0578. The molecule has 0 aliphatic rings. The van der Waals surface area contributed by atoms with Crippen molar-refractivity contribution in [2.24, 2.45) is 0 Å². The summed E-state index contributed by atoms with van der Waals surface area (Å²) in [6, 6.07) is 60.5. The van der Waals surface area contributed by atoms with Crippen molar-refractivity contribution in [1.82, 2.24) is 0 Å². The summed E-state index contributed by atoms with van der Waals surface area (Å²) in [5.74, 6) is 3.28. The summed E-state index contributed by atoms with van der Waals surface area (Å²) < 4.78 is 52.4. The summed E-state index contributed by atoms with van der Waals surface area (Å²) in [6.45, 7) is 43.5. The van der Waals surface area contributed by atoms with E-state index in [1.165, 1.54) is 0 Å². The van der Waals surface area contributed by atoms with Gasteiger partial charge in [-0.1, -0.05) is 48.5 Å². The van der Waals surface area contributed by atoms with E-state index >= 15 is 0 Å². The maximum Gasteiger partial charge on any atom is 0.382 e. The van der Waals surface area contributed by atoms with Gasteiger partial charge in [0.05, 0.1) is 0 Å². The third kappa shape index (κ3) is 17.8. The number of rotatable bonds is 23. The Morgan fingerprint density at radius 2 is 0.427 bits per heavy atom. The van der Waals surface area contributed by atoms with Crippen LogP contribution in [0.15, 0.2) is 170 Å². The minimum Gasteiger partial charge on any atom is -0.521 e. The standard InChI is InChI=1S/C64H88N2O8Si8/c1-75(2,3)71-79(13,14)67-61-41-35-57(36-42-61)65(59-33-25-53-47-63(39-27-51(53)45-59)69-81(17,18)73-77(7,8)9)55-29-21-49(22-30-55)50-23-31-56(32-24-50)66(58-37-43-62(44-38-58)68-80(15,16)72-76(4,5)6)60-34-26-54-48-64(40-28-52(54)46-60)70-82(19,20)74-78(10,11)12/h21-48H,1-20H3. The zero-order valence-corrected chi connectivity index (χ0v) is 60.3. The molecule has 0 aliphatic heterocycles. The molecule has 0 fully saturated rings. The molecule has 0 bridgehead atoms. The molecule has 0 spiro atoms. The molecule has 8 aromatic rings. The third-order valence-corrected chi connectivity index (χ3v) is 33.1. The molecule has 18 heteroatoms. The Hall–Kier alpha value is -5.34. The van der Waals surface area contributed by atoms with Crippen LogP contribution in [-0.4, -0.2) is 67.5 Å². The fraction of sp³-hybridized carbons (Fsp3) is 0.312. The van der Waals surface area contributed by atoms with Crippen LogP contribution in [0.4, 0.5) is 34.1 Å². The lowest BCUT2D eigenvalue weighted by atomic mass is 10.0. The lowest BCUT2D eigenvalue weighted by Gasteiger charge is -2.31. The van der Waals surface area contributed by atoms with Gasteiger partial charge in [0.2, 0.25) is 0 Å². The highest BCUT2D eigenvalue weighted by Gasteiger charge is 2.37. The summed E-state index contributed by atoms with van der Waals surface area (Å²) in [7, 11) is -16.8. The summed E-state index contributed by atoms with van der Waals surface area (Å²) in [4.78, 5) is 4.61. The predicted octanol–water partition coefficient (Wildman–Crippen LogP) is 20.3. The molecule has 8 rings (SSSR count). The Bertz CT molecular complexity index is 3250. The van der Waals surface area contributed by atoms with Crippen LogP contribution in [0.5, 0.6) is 23.0 Å². The monoisotopic (exact) mass is 1240 g/mol. The van der Waals surface area contributed by atoms with Crippen molar-refractivity contribution in [2.75, 3.05) is 9.80 Å². The summed E-state index contributed by atoms with van der Waals surface area (Å²) in [5.41, 5.74) is 8.35. The largest absolute Gasteiger partial charge is 0.521 e. The molecule has 0 radical (unpaired) electrons. The molecule has 0 heterocycles. The Balaban J connectivity index is 1.11. The van der Waals surface area contributed by atoms with Crippen molar-refractivity contribution < 1.29 is 34.2 Å². The number of fused-ring (bicyclic) bond motifs is 2. The zero-order valence-electron chi connectivity index (χ0n) is 52.3. The normalized spacial score (nSPS) is 13.1. The van der Waals surface area contributed by atoms with E-state index in [2.05, 4.69) is 311 Å². The van der Waals surface area contributed by atoms with E-state index in [1.54, 1.807) is 0 Å². The molecule has 0 aromatic heterocycles. The predicted molar refractivity (Wildman–Crippen MR) is 366 cm³/mol. The number of benzene rings is 8. The number of nitrogens with zero attached hydrogens (tertiary/aromatic N) is 2. The second-order valence-electron chi connectivity index (χ2n) is 27.0. The van der Waals surface area contributed by atoms with E-state index in [4.69, 9.17) is 34.2 Å². The van der Waals surface area contributed by atoms with Crippen LogP contribution in [0.2, 0.25) is 131 Å². The SMILES string of the molecule is C[Si](C)(C)O[Si](C)(C)Oc1ccc(N(c2ccc(-c3ccc(N(c4ccc(O[Si](C)(C)O[Si](C)(C)C)cc4)c4ccc5cc(O[Si](C)(C)O[Si](C)(C)C)ccc5c4)cc3)cc2)c2ccc3cc(O[Si](C)(C)O[Si](C)(C)C)ccc3c2)cc1.